The summed E-state index contributed by atoms with van der Waals surface area (Å²) in [5, 5.41) is 12.2. The molecule has 1 aromatic heterocycles. The second-order valence-corrected chi connectivity index (χ2v) is 15.6. The van der Waals surface area contributed by atoms with Crippen molar-refractivity contribution in [1.82, 2.24) is 0 Å². The van der Waals surface area contributed by atoms with E-state index in [-0.39, 0.29) is 0 Å². The minimum atomic E-state index is 0.862. The summed E-state index contributed by atoms with van der Waals surface area (Å²) in [6.45, 7) is 0. The van der Waals surface area contributed by atoms with Crippen molar-refractivity contribution < 1.29 is 4.42 Å². The number of para-hydroxylation sites is 2. The van der Waals surface area contributed by atoms with Gasteiger partial charge in [-0.25, -0.2) is 0 Å². The third kappa shape index (κ3) is 5.50. The minimum Gasteiger partial charge on any atom is -0.456 e. The van der Waals surface area contributed by atoms with Crippen molar-refractivity contribution in [1.29, 1.82) is 0 Å². The van der Waals surface area contributed by atoms with Gasteiger partial charge in [-0.05, 0) is 107 Å². The summed E-state index contributed by atoms with van der Waals surface area (Å²) in [5.74, 6) is 0. The molecule has 0 amide bonds. The van der Waals surface area contributed by atoms with Gasteiger partial charge in [0.05, 0.1) is 16.8 Å². The van der Waals surface area contributed by atoms with Crippen LogP contribution >= 0.6 is 0 Å². The quantitative estimate of drug-likeness (QED) is 0.157. The van der Waals surface area contributed by atoms with Gasteiger partial charge in [0.1, 0.15) is 11.2 Å². The summed E-state index contributed by atoms with van der Waals surface area (Å²) in [4.78, 5) is 2.43. The van der Waals surface area contributed by atoms with Crippen molar-refractivity contribution >= 4 is 82.1 Å². The molecule has 0 N–H and O–H groups in total. The van der Waals surface area contributed by atoms with Crippen LogP contribution in [0.5, 0.6) is 0 Å². The fourth-order valence-corrected chi connectivity index (χ4v) is 9.48. The molecule has 0 saturated heterocycles. The van der Waals surface area contributed by atoms with Gasteiger partial charge in [-0.2, -0.15) is 0 Å². The Morgan fingerprint density at radius 3 is 1.58 bits per heavy atom. The Kier molecular flexibility index (Phi) is 7.89. The fourth-order valence-electron chi connectivity index (χ4n) is 9.48. The van der Waals surface area contributed by atoms with Crippen LogP contribution in [0, 0.1) is 0 Å². The van der Waals surface area contributed by atoms with Crippen LogP contribution in [0.4, 0.5) is 17.1 Å². The molecule has 1 heterocycles. The maximum absolute atomic E-state index is 6.49. The summed E-state index contributed by atoms with van der Waals surface area (Å²) in [6.07, 6.45) is 0. The Morgan fingerprint density at radius 1 is 0.283 bits per heavy atom. The molecular weight excluding hydrogens is 727 g/mol. The van der Waals surface area contributed by atoms with Crippen LogP contribution in [0.25, 0.3) is 98.4 Å². The zero-order valence-corrected chi connectivity index (χ0v) is 32.7. The Hall–Kier alpha value is -7.94. The van der Waals surface area contributed by atoms with E-state index in [1.165, 1.54) is 59.8 Å². The first-order chi connectivity index (χ1) is 29.8. The van der Waals surface area contributed by atoms with Gasteiger partial charge >= 0.3 is 0 Å². The van der Waals surface area contributed by atoms with Crippen LogP contribution in [0.15, 0.2) is 229 Å². The molecular formula is C58H37NO. The van der Waals surface area contributed by atoms with E-state index in [4.69, 9.17) is 4.42 Å². The number of anilines is 3. The van der Waals surface area contributed by atoms with Gasteiger partial charge in [0.15, 0.2) is 0 Å². The summed E-state index contributed by atoms with van der Waals surface area (Å²) in [6, 6.07) is 81.3. The van der Waals surface area contributed by atoms with E-state index >= 15 is 0 Å². The van der Waals surface area contributed by atoms with Crippen LogP contribution in [0.2, 0.25) is 0 Å². The smallest absolute Gasteiger partial charge is 0.137 e. The first-order valence-corrected chi connectivity index (χ1v) is 20.6. The molecule has 280 valence electrons. The Balaban J connectivity index is 1.03. The van der Waals surface area contributed by atoms with E-state index in [2.05, 4.69) is 223 Å². The van der Waals surface area contributed by atoms with Crippen molar-refractivity contribution in [3.63, 3.8) is 0 Å². The predicted octanol–water partition coefficient (Wildman–Crippen LogP) is 16.7. The zero-order valence-electron chi connectivity index (χ0n) is 32.7. The van der Waals surface area contributed by atoms with Crippen molar-refractivity contribution in [3.05, 3.63) is 224 Å². The van der Waals surface area contributed by atoms with E-state index in [1.807, 2.05) is 6.07 Å². The van der Waals surface area contributed by atoms with Crippen LogP contribution in [-0.2, 0) is 0 Å². The Morgan fingerprint density at radius 2 is 0.817 bits per heavy atom. The van der Waals surface area contributed by atoms with Gasteiger partial charge in [-0.15, -0.1) is 0 Å². The van der Waals surface area contributed by atoms with Crippen LogP contribution in [0.3, 0.4) is 0 Å². The second-order valence-electron chi connectivity index (χ2n) is 15.6. The summed E-state index contributed by atoms with van der Waals surface area (Å²) >= 11 is 0. The van der Waals surface area contributed by atoms with E-state index in [1.54, 1.807) is 0 Å². The molecule has 2 nitrogen and oxygen atoms in total. The lowest BCUT2D eigenvalue weighted by Gasteiger charge is -2.29. The van der Waals surface area contributed by atoms with E-state index in [0.717, 1.165) is 55.7 Å². The van der Waals surface area contributed by atoms with E-state index in [9.17, 15) is 0 Å². The summed E-state index contributed by atoms with van der Waals surface area (Å²) in [5.41, 5.74) is 12.0. The highest BCUT2D eigenvalue weighted by Crippen LogP contribution is 2.48. The lowest BCUT2D eigenvalue weighted by molar-refractivity contribution is 0.669. The molecule has 0 bridgehead atoms. The van der Waals surface area contributed by atoms with Gasteiger partial charge in [0, 0.05) is 16.6 Å². The Labute approximate surface area is 347 Å². The lowest BCUT2D eigenvalue weighted by atomic mass is 9.93. The number of nitrogens with zero attached hydrogens (tertiary/aromatic N) is 1. The molecule has 0 aliphatic heterocycles. The average Bonchev–Trinajstić information content (AvgIpc) is 3.71. The van der Waals surface area contributed by atoms with E-state index < -0.39 is 0 Å². The van der Waals surface area contributed by atoms with Gasteiger partial charge in [0.25, 0.3) is 0 Å². The third-order valence-corrected chi connectivity index (χ3v) is 12.3. The highest BCUT2D eigenvalue weighted by atomic mass is 16.3. The standard InChI is InChI=1S/C58H37NO/c1-3-17-44-39(13-1)33-35-50-46(21-10-22-47(44)50)41-31-29-38(30-32-41)42-15-9-16-43(37-42)59(55-26-12-28-57-58(55)53-20-6-8-27-56(53)60-57)54-25-7-5-19-52(54)49-24-11-23-48-45-18-4-2-14-40(45)34-36-51(48)49/h1-37H. The molecule has 11 aromatic carbocycles. The largest absolute Gasteiger partial charge is 0.456 e. The van der Waals surface area contributed by atoms with Crippen LogP contribution < -0.4 is 4.90 Å². The molecule has 0 radical (unpaired) electrons. The average molecular weight is 764 g/mol. The van der Waals surface area contributed by atoms with Crippen molar-refractivity contribution in [2.75, 3.05) is 4.90 Å². The summed E-state index contributed by atoms with van der Waals surface area (Å²) < 4.78 is 6.49. The second kappa shape index (κ2) is 13.9. The van der Waals surface area contributed by atoms with Crippen molar-refractivity contribution in [2.45, 2.75) is 0 Å². The SMILES string of the molecule is c1cc(-c2ccc(-c3cccc4c3ccc3ccccc34)cc2)cc(N(c2ccccc2-c2cccc3c2ccc2ccccc23)c2cccc3oc4ccccc4c23)c1. The first-order valence-electron chi connectivity index (χ1n) is 20.6. The number of furan rings is 1. The first kappa shape index (κ1) is 34.1. The topological polar surface area (TPSA) is 16.4 Å². The third-order valence-electron chi connectivity index (χ3n) is 12.3. The molecule has 12 rings (SSSR count). The van der Waals surface area contributed by atoms with Crippen LogP contribution in [-0.4, -0.2) is 0 Å². The van der Waals surface area contributed by atoms with Gasteiger partial charge in [0.2, 0.25) is 0 Å². The molecule has 0 atom stereocenters. The molecule has 0 aliphatic carbocycles. The molecule has 0 spiro atoms. The Bertz CT molecular complexity index is 3610. The molecule has 0 saturated carbocycles. The number of hydrogen-bond donors (Lipinski definition) is 0. The zero-order chi connectivity index (χ0) is 39.6. The highest BCUT2D eigenvalue weighted by Gasteiger charge is 2.23. The van der Waals surface area contributed by atoms with E-state index in [0.29, 0.717) is 0 Å². The molecule has 0 aliphatic rings. The number of hydrogen-bond acceptors (Lipinski definition) is 2. The maximum Gasteiger partial charge on any atom is 0.137 e. The van der Waals surface area contributed by atoms with Gasteiger partial charge in [-0.3, -0.25) is 0 Å². The van der Waals surface area contributed by atoms with Crippen LogP contribution in [0.1, 0.15) is 0 Å². The molecule has 0 unspecified atom stereocenters. The van der Waals surface area contributed by atoms with Crippen molar-refractivity contribution in [3.8, 4) is 33.4 Å². The van der Waals surface area contributed by atoms with Gasteiger partial charge in [-0.1, -0.05) is 188 Å². The van der Waals surface area contributed by atoms with Crippen molar-refractivity contribution in [2.24, 2.45) is 0 Å². The fraction of sp³-hybridized carbons (Fsp3) is 0. The number of fused-ring (bicyclic) bond motifs is 9. The highest BCUT2D eigenvalue weighted by molar-refractivity contribution is 6.16. The lowest BCUT2D eigenvalue weighted by Crippen LogP contribution is -2.11. The number of benzene rings is 11. The maximum atomic E-state index is 6.49. The minimum absolute atomic E-state index is 0.862. The normalized spacial score (nSPS) is 11.7. The molecule has 0 fully saturated rings. The molecule has 60 heavy (non-hydrogen) atoms. The molecule has 2 heteroatoms. The van der Waals surface area contributed by atoms with Gasteiger partial charge < -0.3 is 9.32 Å². The number of rotatable bonds is 6. The predicted molar refractivity (Wildman–Crippen MR) is 255 cm³/mol. The summed E-state index contributed by atoms with van der Waals surface area (Å²) in [7, 11) is 0. The monoisotopic (exact) mass is 763 g/mol. The molecule has 12 aromatic rings.